The van der Waals surface area contributed by atoms with E-state index >= 15 is 0 Å². The van der Waals surface area contributed by atoms with Crippen molar-refractivity contribution in [1.82, 2.24) is 26.6 Å². The third-order valence-corrected chi connectivity index (χ3v) is 8.23. The Labute approximate surface area is 319 Å². The fourth-order valence-electron chi connectivity index (χ4n) is 5.30. The first-order chi connectivity index (χ1) is 25.3. The highest BCUT2D eigenvalue weighted by atomic mass is 16.6. The van der Waals surface area contributed by atoms with Gasteiger partial charge in [-0.2, -0.15) is 0 Å². The zero-order valence-corrected chi connectivity index (χ0v) is 33.2. The van der Waals surface area contributed by atoms with Gasteiger partial charge in [-0.1, -0.05) is 102 Å². The minimum atomic E-state index is -1.30. The first-order valence-corrected chi connectivity index (χ1v) is 18.3. The monoisotopic (exact) mass is 753 g/mol. The van der Waals surface area contributed by atoms with Gasteiger partial charge in [-0.25, -0.2) is 9.59 Å². The maximum atomic E-state index is 13.9. The number of esters is 1. The fraction of sp³-hybridized carbons (Fsp3) is 0.550. The lowest BCUT2D eigenvalue weighted by atomic mass is 9.99. The summed E-state index contributed by atoms with van der Waals surface area (Å²) in [5, 5.41) is 13.5. The minimum Gasteiger partial charge on any atom is -0.467 e. The lowest BCUT2D eigenvalue weighted by Crippen LogP contribution is -2.61. The van der Waals surface area contributed by atoms with Crippen molar-refractivity contribution in [2.45, 2.75) is 111 Å². The molecule has 54 heavy (non-hydrogen) atoms. The Kier molecular flexibility index (Phi) is 18.1. The van der Waals surface area contributed by atoms with Crippen molar-refractivity contribution in [1.29, 1.82) is 0 Å². The van der Waals surface area contributed by atoms with Crippen molar-refractivity contribution in [2.24, 2.45) is 17.8 Å². The largest absolute Gasteiger partial charge is 0.467 e. The lowest BCUT2D eigenvalue weighted by Gasteiger charge is -2.30. The highest BCUT2D eigenvalue weighted by Gasteiger charge is 2.35. The standard InChI is InChI=1S/C40H59N5O9/c1-24(2)31(35(47)41-29(38(50)52-10)21-27-17-13-11-14-18-27)43-34(46)30(23-53-22-28-19-15-12-16-20-28)42-36(48)32(25(3)4)44-37(49)33(26(5)6)45-39(51)54-40(7,8)9/h11-20,24-26,29-33H,21-23H2,1-10H3,(H,41,47)(H,42,48)(H,43,46)(H,44,49)(H,45,51)/t29-,30+,31-,32-,33-/m0/s1. The smallest absolute Gasteiger partial charge is 0.408 e. The fourth-order valence-corrected chi connectivity index (χ4v) is 5.30. The highest BCUT2D eigenvalue weighted by Crippen LogP contribution is 2.12. The normalized spacial score (nSPS) is 14.2. The highest BCUT2D eigenvalue weighted by molar-refractivity contribution is 5.96. The van der Waals surface area contributed by atoms with Crippen LogP contribution in [0.1, 0.15) is 73.4 Å². The summed E-state index contributed by atoms with van der Waals surface area (Å²) in [5.41, 5.74) is 0.837. The molecule has 0 fully saturated rings. The molecule has 0 aliphatic heterocycles. The maximum Gasteiger partial charge on any atom is 0.408 e. The number of ether oxygens (including phenoxy) is 3. The zero-order chi connectivity index (χ0) is 40.6. The number of rotatable bonds is 19. The molecule has 0 spiro atoms. The van der Waals surface area contributed by atoms with Crippen molar-refractivity contribution in [3.63, 3.8) is 0 Å². The van der Waals surface area contributed by atoms with Gasteiger partial charge in [0.25, 0.3) is 0 Å². The average Bonchev–Trinajstić information content (AvgIpc) is 3.10. The molecular formula is C40H59N5O9. The van der Waals surface area contributed by atoms with Gasteiger partial charge in [-0.05, 0) is 49.7 Å². The zero-order valence-electron chi connectivity index (χ0n) is 33.2. The molecular weight excluding hydrogens is 694 g/mol. The number of hydrogen-bond donors (Lipinski definition) is 5. The van der Waals surface area contributed by atoms with Crippen molar-refractivity contribution in [3.05, 3.63) is 71.8 Å². The van der Waals surface area contributed by atoms with Crippen molar-refractivity contribution in [2.75, 3.05) is 13.7 Å². The van der Waals surface area contributed by atoms with Crippen molar-refractivity contribution in [3.8, 4) is 0 Å². The topological polar surface area (TPSA) is 190 Å². The Morgan fingerprint density at radius 3 is 1.46 bits per heavy atom. The Morgan fingerprint density at radius 1 is 0.574 bits per heavy atom. The molecule has 0 saturated heterocycles. The Bertz CT molecular complexity index is 1530. The molecule has 0 aromatic heterocycles. The molecule has 0 saturated carbocycles. The summed E-state index contributed by atoms with van der Waals surface area (Å²) in [6.07, 6.45) is -0.618. The molecule has 2 aromatic carbocycles. The minimum absolute atomic E-state index is 0.131. The second-order valence-corrected chi connectivity index (χ2v) is 15.2. The predicted molar refractivity (Wildman–Crippen MR) is 204 cm³/mol. The number of nitrogens with one attached hydrogen (secondary N) is 5. The molecule has 5 amide bonds. The molecule has 0 unspecified atom stereocenters. The summed E-state index contributed by atoms with van der Waals surface area (Å²) in [5.74, 6) is -4.51. The van der Waals surface area contributed by atoms with E-state index in [1.54, 1.807) is 62.3 Å². The molecule has 14 heteroatoms. The van der Waals surface area contributed by atoms with Gasteiger partial charge < -0.3 is 40.8 Å². The van der Waals surface area contributed by atoms with Gasteiger partial charge in [-0.15, -0.1) is 0 Å². The van der Waals surface area contributed by atoms with Crippen molar-refractivity contribution >= 4 is 35.7 Å². The number of amides is 5. The summed E-state index contributed by atoms with van der Waals surface area (Å²) in [6, 6.07) is 12.8. The summed E-state index contributed by atoms with van der Waals surface area (Å²) >= 11 is 0. The molecule has 0 aliphatic rings. The van der Waals surface area contributed by atoms with Crippen LogP contribution in [0.3, 0.4) is 0 Å². The Balaban J connectivity index is 2.30. The lowest BCUT2D eigenvalue weighted by molar-refractivity contribution is -0.145. The van der Waals surface area contributed by atoms with Crippen molar-refractivity contribution < 1.29 is 43.0 Å². The van der Waals surface area contributed by atoms with Gasteiger partial charge >= 0.3 is 12.1 Å². The number of benzene rings is 2. The number of carbonyl (C=O) groups excluding carboxylic acids is 6. The molecule has 0 radical (unpaired) electrons. The van der Waals surface area contributed by atoms with Crippen LogP contribution in [0.5, 0.6) is 0 Å². The summed E-state index contributed by atoms with van der Waals surface area (Å²) in [7, 11) is 1.23. The molecule has 14 nitrogen and oxygen atoms in total. The van der Waals surface area contributed by atoms with Gasteiger partial charge in [0, 0.05) is 6.42 Å². The average molecular weight is 754 g/mol. The first-order valence-electron chi connectivity index (χ1n) is 18.3. The maximum absolute atomic E-state index is 13.9. The van der Waals surface area contributed by atoms with E-state index in [1.165, 1.54) is 7.11 Å². The van der Waals surface area contributed by atoms with E-state index in [-0.39, 0.29) is 25.6 Å². The second kappa shape index (κ2) is 21.7. The van der Waals surface area contributed by atoms with Gasteiger partial charge in [0.2, 0.25) is 23.6 Å². The number of alkyl carbamates (subject to hydrolysis) is 1. The van der Waals surface area contributed by atoms with Gasteiger partial charge in [-0.3, -0.25) is 19.2 Å². The first kappa shape index (κ1) is 45.2. The van der Waals surface area contributed by atoms with Crippen LogP contribution >= 0.6 is 0 Å². The molecule has 0 heterocycles. The quantitative estimate of drug-likeness (QED) is 0.134. The van der Waals surface area contributed by atoms with Crippen LogP contribution in [-0.4, -0.2) is 85.2 Å². The predicted octanol–water partition coefficient (Wildman–Crippen LogP) is 3.42. The number of carbonyl (C=O) groups is 6. The van der Waals surface area contributed by atoms with Crippen LogP contribution in [0, 0.1) is 17.8 Å². The van der Waals surface area contributed by atoms with Gasteiger partial charge in [0.1, 0.15) is 35.8 Å². The second-order valence-electron chi connectivity index (χ2n) is 15.2. The summed E-state index contributed by atoms with van der Waals surface area (Å²) in [4.78, 5) is 80.1. The van der Waals surface area contributed by atoms with Crippen LogP contribution in [0.25, 0.3) is 0 Å². The van der Waals surface area contributed by atoms with Gasteiger partial charge in [0.05, 0.1) is 20.3 Å². The molecule has 298 valence electrons. The molecule has 2 rings (SSSR count). The van der Waals surface area contributed by atoms with Crippen LogP contribution < -0.4 is 26.6 Å². The Morgan fingerprint density at radius 2 is 1.00 bits per heavy atom. The van der Waals surface area contributed by atoms with Crippen LogP contribution in [0.15, 0.2) is 60.7 Å². The summed E-state index contributed by atoms with van der Waals surface area (Å²) < 4.78 is 16.1. The van der Waals surface area contributed by atoms with Gasteiger partial charge in [0.15, 0.2) is 0 Å². The number of methoxy groups -OCH3 is 1. The van der Waals surface area contributed by atoms with Crippen LogP contribution in [0.4, 0.5) is 4.79 Å². The van der Waals surface area contributed by atoms with E-state index in [9.17, 15) is 28.8 Å². The van der Waals surface area contributed by atoms with Crippen LogP contribution in [0.2, 0.25) is 0 Å². The molecule has 5 N–H and O–H groups in total. The van der Waals surface area contributed by atoms with E-state index in [4.69, 9.17) is 14.2 Å². The molecule has 0 aliphatic carbocycles. The van der Waals surface area contributed by atoms with E-state index in [0.29, 0.717) is 0 Å². The molecule has 2 aromatic rings. The van der Waals surface area contributed by atoms with E-state index in [0.717, 1.165) is 11.1 Å². The van der Waals surface area contributed by atoms with E-state index in [2.05, 4.69) is 26.6 Å². The SMILES string of the molecule is COC(=O)[C@H](Cc1ccccc1)NC(=O)[C@@H](NC(=O)[C@@H](COCc1ccccc1)NC(=O)[C@@H](NC(=O)[C@@H](NC(=O)OC(C)(C)C)C(C)C)C(C)C)C(C)C. The third kappa shape index (κ3) is 15.6. The molecule has 0 bridgehead atoms. The van der Waals surface area contributed by atoms with E-state index < -0.39 is 83.3 Å². The Hall–Kier alpha value is -4.98. The summed E-state index contributed by atoms with van der Waals surface area (Å²) in [6.45, 7) is 15.4. The number of hydrogen-bond acceptors (Lipinski definition) is 9. The molecule has 5 atom stereocenters. The van der Waals surface area contributed by atoms with Crippen LogP contribution in [-0.2, 0) is 51.2 Å². The van der Waals surface area contributed by atoms with E-state index in [1.807, 2.05) is 60.7 Å². The third-order valence-electron chi connectivity index (χ3n) is 8.23.